The van der Waals surface area contributed by atoms with E-state index in [1.54, 1.807) is 13.0 Å². The number of nitrogens with one attached hydrogen (secondary N) is 2. The molecule has 0 bridgehead atoms. The van der Waals surface area contributed by atoms with Gasteiger partial charge in [-0.3, -0.25) is 4.79 Å². The number of carbonyl (C=O) groups is 2. The zero-order valence-electron chi connectivity index (χ0n) is 13.2. The highest BCUT2D eigenvalue weighted by Crippen LogP contribution is 2.23. The molecule has 1 aromatic carbocycles. The number of hydrogen-bond donors (Lipinski definition) is 3. The lowest BCUT2D eigenvalue weighted by atomic mass is 10.1. The van der Waals surface area contributed by atoms with Gasteiger partial charge >= 0.3 is 5.97 Å². The Labute approximate surface area is 140 Å². The summed E-state index contributed by atoms with van der Waals surface area (Å²) in [6.07, 6.45) is 1.66. The highest BCUT2D eigenvalue weighted by molar-refractivity contribution is 7.89. The first-order chi connectivity index (χ1) is 11.3. The number of carboxylic acids is 1. The van der Waals surface area contributed by atoms with Gasteiger partial charge in [-0.15, -0.1) is 0 Å². The van der Waals surface area contributed by atoms with Gasteiger partial charge in [0.1, 0.15) is 6.61 Å². The monoisotopic (exact) mass is 356 g/mol. The summed E-state index contributed by atoms with van der Waals surface area (Å²) in [7, 11) is -3.63. The number of benzene rings is 1. The molecule has 0 spiro atoms. The second-order valence-electron chi connectivity index (χ2n) is 5.57. The molecule has 0 aliphatic heterocycles. The molecule has 24 heavy (non-hydrogen) atoms. The first-order valence-corrected chi connectivity index (χ1v) is 8.98. The van der Waals surface area contributed by atoms with E-state index in [9.17, 15) is 18.0 Å². The van der Waals surface area contributed by atoms with Gasteiger partial charge in [-0.25, -0.2) is 17.9 Å². The van der Waals surface area contributed by atoms with Crippen LogP contribution in [0.3, 0.4) is 0 Å². The fraction of sp³-hybridized carbons (Fsp3) is 0.467. The molecule has 3 N–H and O–H groups in total. The minimum atomic E-state index is -3.63. The molecular weight excluding hydrogens is 336 g/mol. The van der Waals surface area contributed by atoms with Crippen molar-refractivity contribution in [1.82, 2.24) is 10.0 Å². The molecule has 1 amide bonds. The quantitative estimate of drug-likeness (QED) is 0.546. The Morgan fingerprint density at radius 2 is 2.04 bits per heavy atom. The number of aryl methyl sites for hydroxylation is 1. The Morgan fingerprint density at radius 1 is 1.33 bits per heavy atom. The summed E-state index contributed by atoms with van der Waals surface area (Å²) in [6, 6.07) is 4.37. The van der Waals surface area contributed by atoms with Crippen molar-refractivity contribution in [2.75, 3.05) is 19.8 Å². The van der Waals surface area contributed by atoms with Gasteiger partial charge in [-0.1, -0.05) is 6.07 Å². The van der Waals surface area contributed by atoms with E-state index in [2.05, 4.69) is 10.0 Å². The first-order valence-electron chi connectivity index (χ1n) is 7.50. The van der Waals surface area contributed by atoms with Gasteiger partial charge in [0.15, 0.2) is 0 Å². The molecule has 0 radical (unpaired) electrons. The number of hydrogen-bond acceptors (Lipinski definition) is 5. The summed E-state index contributed by atoms with van der Waals surface area (Å²) >= 11 is 0. The van der Waals surface area contributed by atoms with E-state index in [0.717, 1.165) is 12.8 Å². The van der Waals surface area contributed by atoms with Gasteiger partial charge in [0, 0.05) is 18.2 Å². The molecule has 9 heteroatoms. The Balaban J connectivity index is 1.99. The number of sulfonamides is 1. The number of carbonyl (C=O) groups excluding carboxylic acids is 1. The highest BCUT2D eigenvalue weighted by atomic mass is 32.2. The zero-order chi connectivity index (χ0) is 17.7. The SMILES string of the molecule is Cc1ccc(S(=O)(=O)NC2CC2)cc1C(=O)NCCOCC(=O)O. The maximum Gasteiger partial charge on any atom is 0.329 e. The van der Waals surface area contributed by atoms with E-state index in [1.807, 2.05) is 0 Å². The van der Waals surface area contributed by atoms with Crippen molar-refractivity contribution in [2.24, 2.45) is 0 Å². The third-order valence-corrected chi connectivity index (χ3v) is 4.94. The van der Waals surface area contributed by atoms with Crippen LogP contribution in [0, 0.1) is 6.92 Å². The van der Waals surface area contributed by atoms with E-state index >= 15 is 0 Å². The first kappa shape index (κ1) is 18.4. The van der Waals surface area contributed by atoms with Crippen LogP contribution in [-0.2, 0) is 19.6 Å². The molecule has 0 heterocycles. The van der Waals surface area contributed by atoms with Crippen LogP contribution in [0.5, 0.6) is 0 Å². The van der Waals surface area contributed by atoms with Crippen LogP contribution >= 0.6 is 0 Å². The summed E-state index contributed by atoms with van der Waals surface area (Å²) in [5, 5.41) is 11.0. The predicted octanol–water partition coefficient (Wildman–Crippen LogP) is 0.267. The Kier molecular flexibility index (Phi) is 5.92. The van der Waals surface area contributed by atoms with E-state index in [4.69, 9.17) is 9.84 Å². The minimum Gasteiger partial charge on any atom is -0.480 e. The second kappa shape index (κ2) is 7.73. The summed E-state index contributed by atoms with van der Waals surface area (Å²) in [6.45, 7) is 1.46. The number of amides is 1. The molecule has 1 saturated carbocycles. The van der Waals surface area contributed by atoms with Gasteiger partial charge in [-0.05, 0) is 37.5 Å². The summed E-state index contributed by atoms with van der Waals surface area (Å²) in [4.78, 5) is 22.5. The maximum absolute atomic E-state index is 12.2. The zero-order valence-corrected chi connectivity index (χ0v) is 14.1. The van der Waals surface area contributed by atoms with Crippen molar-refractivity contribution >= 4 is 21.9 Å². The lowest BCUT2D eigenvalue weighted by molar-refractivity contribution is -0.142. The fourth-order valence-electron chi connectivity index (χ4n) is 1.99. The van der Waals surface area contributed by atoms with Crippen LogP contribution in [0.1, 0.15) is 28.8 Å². The predicted molar refractivity (Wildman–Crippen MR) is 85.3 cm³/mol. The van der Waals surface area contributed by atoms with Gasteiger partial charge in [0.2, 0.25) is 10.0 Å². The van der Waals surface area contributed by atoms with Gasteiger partial charge in [0.05, 0.1) is 11.5 Å². The molecule has 0 aromatic heterocycles. The van der Waals surface area contributed by atoms with Crippen molar-refractivity contribution in [3.8, 4) is 0 Å². The smallest absolute Gasteiger partial charge is 0.329 e. The van der Waals surface area contributed by atoms with E-state index in [1.165, 1.54) is 12.1 Å². The Bertz CT molecular complexity index is 727. The summed E-state index contributed by atoms with van der Waals surface area (Å²) in [5.41, 5.74) is 0.899. The van der Waals surface area contributed by atoms with E-state index < -0.39 is 28.5 Å². The molecule has 8 nitrogen and oxygen atoms in total. The van der Waals surface area contributed by atoms with Crippen molar-refractivity contribution in [3.63, 3.8) is 0 Å². The number of ether oxygens (including phenoxy) is 1. The lowest BCUT2D eigenvalue weighted by Gasteiger charge is -2.11. The standard InChI is InChI=1S/C15H20N2O6S/c1-10-2-5-12(24(21,22)17-11-3-4-11)8-13(10)15(20)16-6-7-23-9-14(18)19/h2,5,8,11,17H,3-4,6-7,9H2,1H3,(H,16,20)(H,18,19). The molecule has 132 valence electrons. The third kappa shape index (κ3) is 5.29. The molecule has 0 atom stereocenters. The Morgan fingerprint density at radius 3 is 2.67 bits per heavy atom. The van der Waals surface area contributed by atoms with Crippen LogP contribution < -0.4 is 10.0 Å². The summed E-state index contributed by atoms with van der Waals surface area (Å²) in [5.74, 6) is -1.52. The van der Waals surface area contributed by atoms with Crippen molar-refractivity contribution < 1.29 is 27.9 Å². The van der Waals surface area contributed by atoms with Crippen molar-refractivity contribution in [1.29, 1.82) is 0 Å². The molecule has 1 aliphatic carbocycles. The van der Waals surface area contributed by atoms with Crippen LogP contribution in [0.15, 0.2) is 23.1 Å². The number of rotatable bonds is 9. The second-order valence-corrected chi connectivity index (χ2v) is 7.29. The van der Waals surface area contributed by atoms with Crippen LogP contribution in [0.4, 0.5) is 0 Å². The van der Waals surface area contributed by atoms with Gasteiger partial charge < -0.3 is 15.2 Å². The third-order valence-electron chi connectivity index (χ3n) is 3.42. The molecule has 0 saturated heterocycles. The van der Waals surface area contributed by atoms with Crippen LogP contribution in [0.25, 0.3) is 0 Å². The molecule has 1 aromatic rings. The summed E-state index contributed by atoms with van der Waals surface area (Å²) < 4.78 is 31.8. The average Bonchev–Trinajstić information content (AvgIpc) is 3.29. The number of carboxylic acid groups (broad SMARTS) is 1. The van der Waals surface area contributed by atoms with Crippen molar-refractivity contribution in [3.05, 3.63) is 29.3 Å². The van der Waals surface area contributed by atoms with Crippen molar-refractivity contribution in [2.45, 2.75) is 30.7 Å². The van der Waals surface area contributed by atoms with Crippen LogP contribution in [-0.4, -0.2) is 51.2 Å². The largest absolute Gasteiger partial charge is 0.480 e. The molecule has 0 unspecified atom stereocenters. The topological polar surface area (TPSA) is 122 Å². The number of aliphatic carboxylic acids is 1. The minimum absolute atomic E-state index is 0.0139. The Hall–Kier alpha value is -1.97. The molecule has 1 fully saturated rings. The molecular formula is C15H20N2O6S. The average molecular weight is 356 g/mol. The fourth-order valence-corrected chi connectivity index (χ4v) is 3.32. The van der Waals surface area contributed by atoms with E-state index in [-0.39, 0.29) is 29.7 Å². The van der Waals surface area contributed by atoms with E-state index in [0.29, 0.717) is 5.56 Å². The van der Waals surface area contributed by atoms with Gasteiger partial charge in [-0.2, -0.15) is 0 Å². The maximum atomic E-state index is 12.2. The molecule has 2 rings (SSSR count). The van der Waals surface area contributed by atoms with Crippen LogP contribution in [0.2, 0.25) is 0 Å². The lowest BCUT2D eigenvalue weighted by Crippen LogP contribution is -2.29. The highest BCUT2D eigenvalue weighted by Gasteiger charge is 2.28. The molecule has 1 aliphatic rings. The van der Waals surface area contributed by atoms with Gasteiger partial charge in [0.25, 0.3) is 5.91 Å². The normalized spacial score (nSPS) is 14.4.